The molecule has 1 aliphatic heterocycles. The Morgan fingerprint density at radius 3 is 2.40 bits per heavy atom. The van der Waals surface area contributed by atoms with Crippen molar-refractivity contribution < 1.29 is 40.1 Å². The van der Waals surface area contributed by atoms with Crippen molar-refractivity contribution in [1.29, 1.82) is 0 Å². The van der Waals surface area contributed by atoms with Crippen molar-refractivity contribution in [2.24, 2.45) is 0 Å². The van der Waals surface area contributed by atoms with Crippen LogP contribution in [0.4, 0.5) is 0 Å². The molecular weight excluding hydrogens is 332 g/mol. The highest BCUT2D eigenvalue weighted by Crippen LogP contribution is 2.48. The lowest BCUT2D eigenvalue weighted by atomic mass is 9.91. The van der Waals surface area contributed by atoms with Gasteiger partial charge in [-0.1, -0.05) is 6.07 Å². The first-order chi connectivity index (χ1) is 11.9. The van der Waals surface area contributed by atoms with Crippen LogP contribution in [-0.4, -0.2) is 50.0 Å². The van der Waals surface area contributed by atoms with Crippen LogP contribution in [0.1, 0.15) is 23.3 Å². The molecule has 0 aliphatic carbocycles. The Morgan fingerprint density at radius 1 is 0.960 bits per heavy atom. The summed E-state index contributed by atoms with van der Waals surface area (Å²) in [6, 6.07) is 6.31. The molecule has 25 heavy (non-hydrogen) atoms. The van der Waals surface area contributed by atoms with E-state index in [2.05, 4.69) is 0 Å². The average Bonchev–Trinajstić information content (AvgIpc) is 2.56. The van der Waals surface area contributed by atoms with Gasteiger partial charge < -0.3 is 40.1 Å². The van der Waals surface area contributed by atoms with Gasteiger partial charge in [0.2, 0.25) is 0 Å². The zero-order valence-corrected chi connectivity index (χ0v) is 13.0. The van der Waals surface area contributed by atoms with Crippen molar-refractivity contribution in [3.05, 3.63) is 41.5 Å². The first kappa shape index (κ1) is 17.2. The van der Waals surface area contributed by atoms with E-state index in [4.69, 9.17) is 14.6 Å². The molecule has 2 unspecified atom stereocenters. The molecule has 0 fully saturated rings. The molecule has 6 N–H and O–H groups in total. The normalized spacial score (nSPS) is 22.2. The summed E-state index contributed by atoms with van der Waals surface area (Å²) < 4.78 is 11.2. The largest absolute Gasteiger partial charge is 0.508 e. The number of benzene rings is 2. The predicted molar refractivity (Wildman–Crippen MR) is 84.7 cm³/mol. The van der Waals surface area contributed by atoms with Gasteiger partial charge in [0.1, 0.15) is 29.5 Å². The minimum absolute atomic E-state index is 0.0883. The fourth-order valence-corrected chi connectivity index (χ4v) is 2.86. The molecule has 8 nitrogen and oxygen atoms in total. The van der Waals surface area contributed by atoms with Crippen molar-refractivity contribution in [3.63, 3.8) is 0 Å². The van der Waals surface area contributed by atoms with Crippen LogP contribution < -0.4 is 4.74 Å². The summed E-state index contributed by atoms with van der Waals surface area (Å²) in [6.07, 6.45) is -3.31. The molecule has 0 aromatic heterocycles. The number of phenols is 4. The van der Waals surface area contributed by atoms with Gasteiger partial charge in [0.25, 0.3) is 0 Å². The molecule has 0 spiro atoms. The van der Waals surface area contributed by atoms with Crippen LogP contribution in [0.3, 0.4) is 0 Å². The van der Waals surface area contributed by atoms with E-state index in [0.29, 0.717) is 5.56 Å². The standard InChI is InChI=1S/C17H18O8/c18-3-4-24-17-14-12(22)6-9(19)7-13(14)25-16(15(17)23)8-1-2-10(20)11(21)5-8/h1-2,5-7,15-23H,3-4H2/t15-,16?,17?/m1/s1. The molecule has 0 radical (unpaired) electrons. The summed E-state index contributed by atoms with van der Waals surface area (Å²) in [7, 11) is 0. The second-order valence-electron chi connectivity index (χ2n) is 5.67. The van der Waals surface area contributed by atoms with Crippen molar-refractivity contribution in [2.45, 2.75) is 18.3 Å². The third-order valence-electron chi connectivity index (χ3n) is 3.98. The Kier molecular flexibility index (Phi) is 4.58. The Balaban J connectivity index is 2.06. The van der Waals surface area contributed by atoms with Gasteiger partial charge in [-0.15, -0.1) is 0 Å². The second-order valence-corrected chi connectivity index (χ2v) is 5.67. The maximum absolute atomic E-state index is 10.7. The van der Waals surface area contributed by atoms with Crippen molar-refractivity contribution in [1.82, 2.24) is 0 Å². The maximum atomic E-state index is 10.7. The number of hydrogen-bond acceptors (Lipinski definition) is 8. The molecule has 1 heterocycles. The number of aliphatic hydroxyl groups excluding tert-OH is 2. The number of rotatable bonds is 4. The van der Waals surface area contributed by atoms with Crippen LogP contribution >= 0.6 is 0 Å². The van der Waals surface area contributed by atoms with Crippen LogP contribution in [0.5, 0.6) is 28.7 Å². The summed E-state index contributed by atoms with van der Waals surface area (Å²) in [5, 5.41) is 58.5. The van der Waals surface area contributed by atoms with Crippen LogP contribution in [-0.2, 0) is 4.74 Å². The summed E-state index contributed by atoms with van der Waals surface area (Å²) in [6.45, 7) is -0.377. The van der Waals surface area contributed by atoms with Gasteiger partial charge in [-0.2, -0.15) is 0 Å². The van der Waals surface area contributed by atoms with E-state index in [0.717, 1.165) is 6.07 Å². The monoisotopic (exact) mass is 350 g/mol. The minimum atomic E-state index is -1.28. The molecule has 0 amide bonds. The van der Waals surface area contributed by atoms with Crippen molar-refractivity contribution in [3.8, 4) is 28.7 Å². The SMILES string of the molecule is OCCOC1c2c(O)cc(O)cc2OC(c2ccc(O)c(O)c2)[C@H]1O. The lowest BCUT2D eigenvalue weighted by molar-refractivity contribution is -0.108. The quantitative estimate of drug-likeness (QED) is 0.450. The van der Waals surface area contributed by atoms with Gasteiger partial charge in [0, 0.05) is 12.1 Å². The lowest BCUT2D eigenvalue weighted by Gasteiger charge is -2.37. The summed E-state index contributed by atoms with van der Waals surface area (Å²) in [5.41, 5.74) is 0.506. The molecular formula is C17H18O8. The molecule has 1 aliphatic rings. The molecule has 3 atom stereocenters. The third kappa shape index (κ3) is 3.14. The zero-order chi connectivity index (χ0) is 18.1. The number of phenolic OH excluding ortho intramolecular Hbond substituents is 4. The van der Waals surface area contributed by atoms with Gasteiger partial charge in [0.15, 0.2) is 17.6 Å². The highest BCUT2D eigenvalue weighted by Gasteiger charge is 2.41. The smallest absolute Gasteiger partial charge is 0.157 e. The van der Waals surface area contributed by atoms with Crippen LogP contribution in [0.2, 0.25) is 0 Å². The molecule has 2 aromatic rings. The Bertz CT molecular complexity index is 775. The first-order valence-electron chi connectivity index (χ1n) is 7.57. The number of aliphatic hydroxyl groups is 2. The van der Waals surface area contributed by atoms with Crippen molar-refractivity contribution in [2.75, 3.05) is 13.2 Å². The molecule has 2 aromatic carbocycles. The Hall–Kier alpha value is -2.68. The highest BCUT2D eigenvalue weighted by molar-refractivity contribution is 5.53. The van der Waals surface area contributed by atoms with Gasteiger partial charge in [-0.05, 0) is 17.7 Å². The fraction of sp³-hybridized carbons (Fsp3) is 0.294. The van der Waals surface area contributed by atoms with Gasteiger partial charge in [-0.3, -0.25) is 0 Å². The van der Waals surface area contributed by atoms with Gasteiger partial charge >= 0.3 is 0 Å². The molecule has 3 rings (SSSR count). The highest BCUT2D eigenvalue weighted by atomic mass is 16.5. The summed E-state index contributed by atoms with van der Waals surface area (Å²) in [5.74, 6) is -1.16. The van der Waals surface area contributed by atoms with E-state index in [-0.39, 0.29) is 47.5 Å². The summed E-state index contributed by atoms with van der Waals surface area (Å²) in [4.78, 5) is 0. The summed E-state index contributed by atoms with van der Waals surface area (Å²) >= 11 is 0. The van der Waals surface area contributed by atoms with E-state index >= 15 is 0 Å². The Morgan fingerprint density at radius 2 is 1.72 bits per heavy atom. The van der Waals surface area contributed by atoms with Crippen LogP contribution in [0.25, 0.3) is 0 Å². The van der Waals surface area contributed by atoms with Crippen LogP contribution in [0.15, 0.2) is 30.3 Å². The van der Waals surface area contributed by atoms with E-state index in [9.17, 15) is 25.5 Å². The zero-order valence-electron chi connectivity index (χ0n) is 13.0. The molecule has 0 saturated heterocycles. The molecule has 134 valence electrons. The first-order valence-corrected chi connectivity index (χ1v) is 7.57. The predicted octanol–water partition coefficient (Wildman–Crippen LogP) is 1.05. The number of ether oxygens (including phenoxy) is 2. The van der Waals surface area contributed by atoms with Gasteiger partial charge in [0.05, 0.1) is 18.8 Å². The number of fused-ring (bicyclic) bond motifs is 1. The van der Waals surface area contributed by atoms with E-state index < -0.39 is 18.3 Å². The third-order valence-corrected chi connectivity index (χ3v) is 3.98. The Labute approximate surface area is 142 Å². The lowest BCUT2D eigenvalue weighted by Crippen LogP contribution is -2.36. The minimum Gasteiger partial charge on any atom is -0.508 e. The van der Waals surface area contributed by atoms with E-state index in [1.54, 1.807) is 0 Å². The number of hydrogen-bond donors (Lipinski definition) is 6. The maximum Gasteiger partial charge on any atom is 0.157 e. The van der Waals surface area contributed by atoms with E-state index in [1.807, 2.05) is 0 Å². The topological polar surface area (TPSA) is 140 Å². The van der Waals surface area contributed by atoms with Gasteiger partial charge in [-0.25, -0.2) is 0 Å². The molecule has 0 bridgehead atoms. The second kappa shape index (κ2) is 6.67. The van der Waals surface area contributed by atoms with Crippen LogP contribution in [0, 0.1) is 0 Å². The average molecular weight is 350 g/mol. The van der Waals surface area contributed by atoms with E-state index in [1.165, 1.54) is 24.3 Å². The molecule has 0 saturated carbocycles. The fourth-order valence-electron chi connectivity index (χ4n) is 2.86. The molecule has 8 heteroatoms. The number of aromatic hydroxyl groups is 4. The van der Waals surface area contributed by atoms with Crippen molar-refractivity contribution >= 4 is 0 Å².